The molecule has 2 heteroatoms. The van der Waals surface area contributed by atoms with Gasteiger partial charge in [-0.1, -0.05) is 57.0 Å². The van der Waals surface area contributed by atoms with Gasteiger partial charge in [-0.2, -0.15) is 0 Å². The van der Waals surface area contributed by atoms with Gasteiger partial charge in [0.25, 0.3) is 0 Å². The molecule has 0 amide bonds. The maximum absolute atomic E-state index is 9.78. The van der Waals surface area contributed by atoms with Crippen molar-refractivity contribution in [3.05, 3.63) is 35.9 Å². The Bertz CT molecular complexity index is 284. The summed E-state index contributed by atoms with van der Waals surface area (Å²) in [6, 6.07) is 10.3. The van der Waals surface area contributed by atoms with Gasteiger partial charge in [0.2, 0.25) is 0 Å². The number of hydrogen-bond donors (Lipinski definition) is 2. The van der Waals surface area contributed by atoms with E-state index in [0.717, 1.165) is 25.3 Å². The minimum Gasteiger partial charge on any atom is -0.392 e. The van der Waals surface area contributed by atoms with Crippen LogP contribution < -0.4 is 5.32 Å². The van der Waals surface area contributed by atoms with Gasteiger partial charge in [0.1, 0.15) is 0 Å². The molecule has 0 radical (unpaired) electrons. The molecule has 1 rings (SSSR count). The Balaban J connectivity index is 2.06. The molecule has 2 nitrogen and oxygen atoms in total. The molecule has 1 aromatic carbocycles. The number of hydrogen-bond acceptors (Lipinski definition) is 2. The van der Waals surface area contributed by atoms with Crippen molar-refractivity contribution >= 4 is 0 Å². The van der Waals surface area contributed by atoms with Crippen LogP contribution in [0.25, 0.3) is 0 Å². The summed E-state index contributed by atoms with van der Waals surface area (Å²) in [5, 5.41) is 13.1. The molecular formula is C15H25NO. The number of rotatable bonds is 8. The highest BCUT2D eigenvalue weighted by Gasteiger charge is 2.04. The second-order valence-corrected chi connectivity index (χ2v) is 5.10. The van der Waals surface area contributed by atoms with E-state index in [9.17, 15) is 5.11 Å². The topological polar surface area (TPSA) is 32.3 Å². The summed E-state index contributed by atoms with van der Waals surface area (Å²) in [6.07, 6.45) is 3.01. The van der Waals surface area contributed by atoms with Gasteiger partial charge in [0, 0.05) is 13.1 Å². The number of benzene rings is 1. The lowest BCUT2D eigenvalue weighted by atomic mass is 10.0. The lowest BCUT2D eigenvalue weighted by Gasteiger charge is -2.12. The Labute approximate surface area is 105 Å². The number of aliphatic hydroxyl groups excluding tert-OH is 1. The van der Waals surface area contributed by atoms with E-state index < -0.39 is 0 Å². The third-order valence-corrected chi connectivity index (χ3v) is 2.87. The van der Waals surface area contributed by atoms with Gasteiger partial charge in [-0.25, -0.2) is 0 Å². The Morgan fingerprint density at radius 1 is 1.12 bits per heavy atom. The lowest BCUT2D eigenvalue weighted by molar-refractivity contribution is 0.156. The quantitative estimate of drug-likeness (QED) is 0.726. The van der Waals surface area contributed by atoms with E-state index in [4.69, 9.17) is 0 Å². The van der Waals surface area contributed by atoms with Crippen LogP contribution in [0, 0.1) is 5.92 Å². The van der Waals surface area contributed by atoms with Gasteiger partial charge >= 0.3 is 0 Å². The predicted molar refractivity (Wildman–Crippen MR) is 72.8 cm³/mol. The van der Waals surface area contributed by atoms with E-state index in [2.05, 4.69) is 31.3 Å². The van der Waals surface area contributed by atoms with E-state index in [1.807, 2.05) is 18.2 Å². The molecule has 1 atom stereocenters. The molecule has 96 valence electrons. The molecule has 0 heterocycles. The third-order valence-electron chi connectivity index (χ3n) is 2.87. The molecule has 0 aromatic heterocycles. The van der Waals surface area contributed by atoms with Crippen molar-refractivity contribution in [2.75, 3.05) is 6.54 Å². The van der Waals surface area contributed by atoms with E-state index in [1.54, 1.807) is 0 Å². The first-order chi connectivity index (χ1) is 8.18. The van der Waals surface area contributed by atoms with Crippen molar-refractivity contribution in [1.82, 2.24) is 5.32 Å². The minimum atomic E-state index is -0.211. The molecule has 0 aliphatic carbocycles. The summed E-state index contributed by atoms with van der Waals surface area (Å²) in [5.41, 5.74) is 1.27. The first-order valence-electron chi connectivity index (χ1n) is 6.61. The molecule has 0 saturated carbocycles. The predicted octanol–water partition coefficient (Wildman–Crippen LogP) is 2.96. The van der Waals surface area contributed by atoms with Crippen LogP contribution in [-0.4, -0.2) is 17.8 Å². The Hall–Kier alpha value is -0.860. The van der Waals surface area contributed by atoms with Crippen LogP contribution in [0.15, 0.2) is 30.3 Å². The second-order valence-electron chi connectivity index (χ2n) is 5.10. The van der Waals surface area contributed by atoms with E-state index in [1.165, 1.54) is 12.0 Å². The molecule has 0 fully saturated rings. The standard InChI is InChI=1S/C15H25NO/c1-13(2)7-6-10-15(17)12-16-11-14-8-4-3-5-9-14/h3-5,8-9,13,15-17H,6-7,10-12H2,1-2H3/t15-/m0/s1. The van der Waals surface area contributed by atoms with Crippen molar-refractivity contribution in [2.24, 2.45) is 5.92 Å². The van der Waals surface area contributed by atoms with Crippen LogP contribution >= 0.6 is 0 Å². The van der Waals surface area contributed by atoms with Crippen molar-refractivity contribution in [1.29, 1.82) is 0 Å². The van der Waals surface area contributed by atoms with Crippen molar-refractivity contribution in [3.63, 3.8) is 0 Å². The fraction of sp³-hybridized carbons (Fsp3) is 0.600. The summed E-state index contributed by atoms with van der Waals surface area (Å²) in [5.74, 6) is 0.736. The van der Waals surface area contributed by atoms with Gasteiger partial charge in [0.05, 0.1) is 6.10 Å². The van der Waals surface area contributed by atoms with Gasteiger partial charge in [0.15, 0.2) is 0 Å². The molecule has 0 unspecified atom stereocenters. The number of aliphatic hydroxyl groups is 1. The summed E-state index contributed by atoms with van der Waals surface area (Å²) in [6.45, 7) is 5.97. The highest BCUT2D eigenvalue weighted by molar-refractivity contribution is 5.14. The summed E-state index contributed by atoms with van der Waals surface area (Å²) >= 11 is 0. The lowest BCUT2D eigenvalue weighted by Crippen LogP contribution is -2.26. The zero-order chi connectivity index (χ0) is 12.5. The van der Waals surface area contributed by atoms with Gasteiger partial charge in [-0.3, -0.25) is 0 Å². The second kappa shape index (κ2) is 8.26. The van der Waals surface area contributed by atoms with Crippen LogP contribution in [0.2, 0.25) is 0 Å². The largest absolute Gasteiger partial charge is 0.392 e. The highest BCUT2D eigenvalue weighted by atomic mass is 16.3. The Morgan fingerprint density at radius 3 is 2.47 bits per heavy atom. The normalized spacial score (nSPS) is 12.9. The smallest absolute Gasteiger partial charge is 0.0664 e. The number of nitrogens with one attached hydrogen (secondary N) is 1. The SMILES string of the molecule is CC(C)CCC[C@H](O)CNCc1ccccc1. The van der Waals surface area contributed by atoms with Gasteiger partial charge < -0.3 is 10.4 Å². The highest BCUT2D eigenvalue weighted by Crippen LogP contribution is 2.08. The molecule has 0 bridgehead atoms. The van der Waals surface area contributed by atoms with E-state index in [-0.39, 0.29) is 6.10 Å². The van der Waals surface area contributed by atoms with Crippen molar-refractivity contribution in [2.45, 2.75) is 45.8 Å². The zero-order valence-corrected chi connectivity index (χ0v) is 11.0. The molecule has 0 spiro atoms. The monoisotopic (exact) mass is 235 g/mol. The third kappa shape index (κ3) is 7.14. The fourth-order valence-corrected chi connectivity index (χ4v) is 1.84. The molecular weight excluding hydrogens is 210 g/mol. The summed E-state index contributed by atoms with van der Waals surface area (Å²) in [7, 11) is 0. The van der Waals surface area contributed by atoms with Crippen molar-refractivity contribution < 1.29 is 5.11 Å². The van der Waals surface area contributed by atoms with E-state index >= 15 is 0 Å². The van der Waals surface area contributed by atoms with Crippen LogP contribution in [-0.2, 0) is 6.54 Å². The molecule has 2 N–H and O–H groups in total. The van der Waals surface area contributed by atoms with Gasteiger partial charge in [-0.05, 0) is 17.9 Å². The Kier molecular flexibility index (Phi) is 6.90. The maximum Gasteiger partial charge on any atom is 0.0664 e. The first-order valence-corrected chi connectivity index (χ1v) is 6.61. The molecule has 0 aliphatic heterocycles. The van der Waals surface area contributed by atoms with Gasteiger partial charge in [-0.15, -0.1) is 0 Å². The summed E-state index contributed by atoms with van der Waals surface area (Å²) < 4.78 is 0. The van der Waals surface area contributed by atoms with Crippen LogP contribution in [0.3, 0.4) is 0 Å². The average molecular weight is 235 g/mol. The molecule has 0 saturated heterocycles. The van der Waals surface area contributed by atoms with Crippen LogP contribution in [0.4, 0.5) is 0 Å². The molecule has 1 aromatic rings. The maximum atomic E-state index is 9.78. The van der Waals surface area contributed by atoms with Crippen molar-refractivity contribution in [3.8, 4) is 0 Å². The average Bonchev–Trinajstić information content (AvgIpc) is 2.30. The molecule has 0 aliphatic rings. The Morgan fingerprint density at radius 2 is 1.82 bits per heavy atom. The first kappa shape index (κ1) is 14.2. The summed E-state index contributed by atoms with van der Waals surface area (Å²) in [4.78, 5) is 0. The van der Waals surface area contributed by atoms with Crippen LogP contribution in [0.1, 0.15) is 38.7 Å². The minimum absolute atomic E-state index is 0.211. The molecule has 17 heavy (non-hydrogen) atoms. The van der Waals surface area contributed by atoms with E-state index in [0.29, 0.717) is 6.54 Å². The fourth-order valence-electron chi connectivity index (χ4n) is 1.84. The zero-order valence-electron chi connectivity index (χ0n) is 11.0. The van der Waals surface area contributed by atoms with Crippen LogP contribution in [0.5, 0.6) is 0 Å².